The second-order valence-electron chi connectivity index (χ2n) is 5.81. The first-order valence-corrected chi connectivity index (χ1v) is 8.81. The van der Waals surface area contributed by atoms with Gasteiger partial charge < -0.3 is 14.7 Å². The maximum atomic E-state index is 12.9. The Hall–Kier alpha value is -3.17. The lowest BCUT2D eigenvalue weighted by molar-refractivity contribution is -0.114. The van der Waals surface area contributed by atoms with Crippen LogP contribution in [0.4, 0.5) is 10.7 Å². The largest absolute Gasteiger partial charge is 0.478 e. The minimum absolute atomic E-state index is 0.122. The molecule has 0 spiro atoms. The van der Waals surface area contributed by atoms with Crippen molar-refractivity contribution < 1.29 is 19.4 Å². The first-order chi connectivity index (χ1) is 12.9. The standard InChI is InChI=1S/C18H18N4O4S/c1-21(2)15-8-7-13(27-15)9-14-16(26-10-19)20-22(17(14)23)12-5-3-11(4-6-12)18(24)25/h3-9H,10,19H2,1-2H3,(H,24,25). The van der Waals surface area contributed by atoms with Gasteiger partial charge >= 0.3 is 5.97 Å². The number of nitrogens with two attached hydrogens (primary N) is 1. The number of aromatic carboxylic acids is 1. The summed E-state index contributed by atoms with van der Waals surface area (Å²) in [5.74, 6) is -1.29. The van der Waals surface area contributed by atoms with Crippen molar-refractivity contribution in [2.45, 2.75) is 0 Å². The highest BCUT2D eigenvalue weighted by atomic mass is 32.1. The van der Waals surface area contributed by atoms with Crippen molar-refractivity contribution in [2.24, 2.45) is 10.8 Å². The van der Waals surface area contributed by atoms with Crippen molar-refractivity contribution in [3.63, 3.8) is 0 Å². The van der Waals surface area contributed by atoms with Crippen molar-refractivity contribution >= 4 is 45.9 Å². The number of nitrogens with zero attached hydrogens (tertiary/aromatic N) is 3. The van der Waals surface area contributed by atoms with Crippen LogP contribution in [0.15, 0.2) is 47.1 Å². The van der Waals surface area contributed by atoms with Crippen LogP contribution in [0, 0.1) is 0 Å². The molecule has 3 rings (SSSR count). The Morgan fingerprint density at radius 1 is 1.30 bits per heavy atom. The number of hydrogen-bond donors (Lipinski definition) is 2. The molecule has 0 radical (unpaired) electrons. The molecule has 8 nitrogen and oxygen atoms in total. The lowest BCUT2D eigenvalue weighted by Crippen LogP contribution is -2.21. The van der Waals surface area contributed by atoms with Crippen LogP contribution in [-0.4, -0.2) is 43.7 Å². The molecule has 1 amide bonds. The van der Waals surface area contributed by atoms with Gasteiger partial charge in [0.2, 0.25) is 5.90 Å². The number of carbonyl (C=O) groups is 2. The fourth-order valence-electron chi connectivity index (χ4n) is 2.43. The number of carboxylic acids is 1. The van der Waals surface area contributed by atoms with Crippen LogP contribution >= 0.6 is 11.3 Å². The molecule has 0 saturated carbocycles. The van der Waals surface area contributed by atoms with Gasteiger partial charge in [0.25, 0.3) is 5.91 Å². The van der Waals surface area contributed by atoms with Gasteiger partial charge in [-0.05, 0) is 42.5 Å². The van der Waals surface area contributed by atoms with E-state index in [9.17, 15) is 9.59 Å². The smallest absolute Gasteiger partial charge is 0.335 e. The lowest BCUT2D eigenvalue weighted by atomic mass is 10.2. The van der Waals surface area contributed by atoms with E-state index in [4.69, 9.17) is 15.6 Å². The number of amides is 1. The van der Waals surface area contributed by atoms with Crippen LogP contribution in [0.5, 0.6) is 0 Å². The molecule has 1 aliphatic heterocycles. The van der Waals surface area contributed by atoms with Gasteiger partial charge in [-0.2, -0.15) is 5.01 Å². The normalized spacial score (nSPS) is 15.2. The molecule has 0 bridgehead atoms. The predicted molar refractivity (Wildman–Crippen MR) is 105 cm³/mol. The van der Waals surface area contributed by atoms with Gasteiger partial charge in [-0.1, -0.05) is 0 Å². The molecule has 2 heterocycles. The lowest BCUT2D eigenvalue weighted by Gasteiger charge is -2.11. The molecular weight excluding hydrogens is 368 g/mol. The summed E-state index contributed by atoms with van der Waals surface area (Å²) in [5.41, 5.74) is 6.31. The minimum atomic E-state index is -1.04. The van der Waals surface area contributed by atoms with Crippen LogP contribution in [0.3, 0.4) is 0 Å². The first-order valence-electron chi connectivity index (χ1n) is 7.99. The summed E-state index contributed by atoms with van der Waals surface area (Å²) >= 11 is 1.52. The summed E-state index contributed by atoms with van der Waals surface area (Å²) in [7, 11) is 3.88. The number of carbonyl (C=O) groups excluding carboxylic acids is 1. The molecule has 1 aromatic heterocycles. The van der Waals surface area contributed by atoms with E-state index >= 15 is 0 Å². The second-order valence-corrected chi connectivity index (χ2v) is 6.91. The van der Waals surface area contributed by atoms with E-state index in [1.54, 1.807) is 6.08 Å². The summed E-state index contributed by atoms with van der Waals surface area (Å²) in [5, 5.41) is 15.4. The SMILES string of the molecule is CN(C)c1ccc(C=C2C(=O)N(c3ccc(C(=O)O)cc3)N=C2OCN)s1. The molecule has 27 heavy (non-hydrogen) atoms. The average molecular weight is 386 g/mol. The van der Waals surface area contributed by atoms with Crippen LogP contribution in [-0.2, 0) is 9.53 Å². The fraction of sp³-hybridized carbons (Fsp3) is 0.167. The third-order valence-corrected chi connectivity index (χ3v) is 4.96. The zero-order valence-electron chi connectivity index (χ0n) is 14.7. The maximum absolute atomic E-state index is 12.9. The average Bonchev–Trinajstić information content (AvgIpc) is 3.23. The molecule has 2 aromatic rings. The Kier molecular flexibility index (Phi) is 5.24. The molecule has 140 valence electrons. The zero-order valence-corrected chi connectivity index (χ0v) is 15.6. The molecule has 0 aliphatic carbocycles. The summed E-state index contributed by atoms with van der Waals surface area (Å²) < 4.78 is 5.32. The van der Waals surface area contributed by atoms with Gasteiger partial charge in [0, 0.05) is 19.0 Å². The van der Waals surface area contributed by atoms with E-state index in [0.717, 1.165) is 9.88 Å². The van der Waals surface area contributed by atoms with Gasteiger partial charge in [-0.25, -0.2) is 4.79 Å². The first kappa shape index (κ1) is 18.6. The molecule has 0 unspecified atom stereocenters. The molecule has 0 saturated heterocycles. The number of carboxylic acid groups (broad SMARTS) is 1. The van der Waals surface area contributed by atoms with E-state index in [-0.39, 0.29) is 29.7 Å². The van der Waals surface area contributed by atoms with Crippen LogP contribution in [0.1, 0.15) is 15.2 Å². The van der Waals surface area contributed by atoms with Gasteiger partial charge in [0.15, 0.2) is 0 Å². The summed E-state index contributed by atoms with van der Waals surface area (Å²) in [6.07, 6.45) is 1.71. The minimum Gasteiger partial charge on any atom is -0.478 e. The monoisotopic (exact) mass is 386 g/mol. The summed E-state index contributed by atoms with van der Waals surface area (Å²) in [6.45, 7) is -0.122. The Morgan fingerprint density at radius 3 is 2.56 bits per heavy atom. The van der Waals surface area contributed by atoms with Crippen LogP contribution in [0.25, 0.3) is 6.08 Å². The molecule has 0 fully saturated rings. The second kappa shape index (κ2) is 7.60. The van der Waals surface area contributed by atoms with E-state index < -0.39 is 5.97 Å². The van der Waals surface area contributed by atoms with E-state index in [2.05, 4.69) is 5.10 Å². The molecule has 0 atom stereocenters. The van der Waals surface area contributed by atoms with Crippen LogP contribution in [0.2, 0.25) is 0 Å². The van der Waals surface area contributed by atoms with Gasteiger partial charge in [-0.3, -0.25) is 10.5 Å². The summed E-state index contributed by atoms with van der Waals surface area (Å²) in [4.78, 5) is 26.7. The number of thiophene rings is 1. The van der Waals surface area contributed by atoms with Gasteiger partial charge in [0.05, 0.1) is 16.3 Å². The number of rotatable bonds is 5. The fourth-order valence-corrected chi connectivity index (χ4v) is 3.30. The maximum Gasteiger partial charge on any atom is 0.335 e. The van der Waals surface area contributed by atoms with E-state index in [1.807, 2.05) is 31.1 Å². The highest BCUT2D eigenvalue weighted by Crippen LogP contribution is 2.30. The molecule has 9 heteroatoms. The Labute approximate surface area is 159 Å². The highest BCUT2D eigenvalue weighted by molar-refractivity contribution is 7.17. The topological polar surface area (TPSA) is 108 Å². The summed E-state index contributed by atoms with van der Waals surface area (Å²) in [6, 6.07) is 9.72. The highest BCUT2D eigenvalue weighted by Gasteiger charge is 2.33. The van der Waals surface area contributed by atoms with Gasteiger partial charge in [-0.15, -0.1) is 16.4 Å². The Bertz CT molecular complexity index is 931. The third-order valence-electron chi connectivity index (χ3n) is 3.76. The molecular formula is C18H18N4O4S. The predicted octanol–water partition coefficient (Wildman–Crippen LogP) is 2.19. The van der Waals surface area contributed by atoms with Gasteiger partial charge in [0.1, 0.15) is 12.3 Å². The Morgan fingerprint density at radius 2 is 2.00 bits per heavy atom. The number of hydrazone groups is 1. The molecule has 1 aliphatic rings. The number of hydrogen-bond acceptors (Lipinski definition) is 7. The van der Waals surface area contributed by atoms with Crippen molar-refractivity contribution in [1.29, 1.82) is 0 Å². The molecule has 3 N–H and O–H groups in total. The number of anilines is 2. The zero-order chi connectivity index (χ0) is 19.6. The quantitative estimate of drug-likeness (QED) is 0.602. The number of benzene rings is 1. The number of ether oxygens (including phenoxy) is 1. The van der Waals surface area contributed by atoms with E-state index in [1.165, 1.54) is 40.6 Å². The van der Waals surface area contributed by atoms with E-state index in [0.29, 0.717) is 5.69 Å². The van der Waals surface area contributed by atoms with Crippen LogP contribution < -0.4 is 15.6 Å². The van der Waals surface area contributed by atoms with Crippen molar-refractivity contribution in [2.75, 3.05) is 30.7 Å². The Balaban J connectivity index is 1.93. The van der Waals surface area contributed by atoms with Crippen molar-refractivity contribution in [1.82, 2.24) is 0 Å². The van der Waals surface area contributed by atoms with Crippen molar-refractivity contribution in [3.05, 3.63) is 52.4 Å². The molecule has 1 aromatic carbocycles. The van der Waals surface area contributed by atoms with Crippen molar-refractivity contribution in [3.8, 4) is 0 Å². The third kappa shape index (κ3) is 3.83.